The predicted octanol–water partition coefficient (Wildman–Crippen LogP) is 4.25. The van der Waals surface area contributed by atoms with Gasteiger partial charge >= 0.3 is 6.09 Å². The van der Waals surface area contributed by atoms with Crippen LogP contribution in [0.1, 0.15) is 62.0 Å². The highest BCUT2D eigenvalue weighted by molar-refractivity contribution is 6.02. The minimum atomic E-state index is -0.470. The summed E-state index contributed by atoms with van der Waals surface area (Å²) in [4.78, 5) is 26.0. The number of ether oxygens (including phenoxy) is 1. The highest BCUT2D eigenvalue weighted by Gasteiger charge is 2.28. The molecule has 6 heteroatoms. The SMILES string of the molecule is CC(C)(C)OC(=O)N1CCC(n2cc(-c3cccc4c3CCC4=O)cn2)CC1. The van der Waals surface area contributed by atoms with Crippen LogP contribution in [0.3, 0.4) is 0 Å². The van der Waals surface area contributed by atoms with E-state index in [0.717, 1.165) is 41.5 Å². The maximum Gasteiger partial charge on any atom is 0.410 e. The molecule has 1 aromatic carbocycles. The first-order chi connectivity index (χ1) is 13.3. The number of ketones is 1. The number of nitrogens with zero attached hydrogens (tertiary/aromatic N) is 3. The summed E-state index contributed by atoms with van der Waals surface area (Å²) in [6.07, 6.45) is 6.84. The molecule has 1 aliphatic carbocycles. The molecule has 0 spiro atoms. The van der Waals surface area contributed by atoms with Crippen molar-refractivity contribution in [2.75, 3.05) is 13.1 Å². The van der Waals surface area contributed by atoms with Gasteiger partial charge in [0, 0.05) is 36.8 Å². The standard InChI is InChI=1S/C22H27N3O3/c1-22(2,3)28-21(27)24-11-9-16(10-12-24)25-14-15(13-23-25)17-5-4-6-19-18(17)7-8-20(19)26/h4-6,13-14,16H,7-12H2,1-3H3. The molecular weight excluding hydrogens is 354 g/mol. The average molecular weight is 381 g/mol. The topological polar surface area (TPSA) is 64.4 Å². The summed E-state index contributed by atoms with van der Waals surface area (Å²) < 4.78 is 7.48. The number of piperidine rings is 1. The normalized spacial score (nSPS) is 17.7. The van der Waals surface area contributed by atoms with Gasteiger partial charge in [0.05, 0.1) is 12.2 Å². The number of Topliss-reactive ketones (excluding diaryl/α,β-unsaturated/α-hetero) is 1. The quantitative estimate of drug-likeness (QED) is 0.780. The molecule has 2 heterocycles. The fraction of sp³-hybridized carbons (Fsp3) is 0.500. The second-order valence-electron chi connectivity index (χ2n) is 8.66. The summed E-state index contributed by atoms with van der Waals surface area (Å²) in [5.74, 6) is 0.235. The fourth-order valence-corrected chi connectivity index (χ4v) is 4.08. The molecular formula is C22H27N3O3. The van der Waals surface area contributed by atoms with E-state index in [0.29, 0.717) is 19.5 Å². The van der Waals surface area contributed by atoms with Gasteiger partial charge in [-0.1, -0.05) is 18.2 Å². The lowest BCUT2D eigenvalue weighted by molar-refractivity contribution is 0.0184. The van der Waals surface area contributed by atoms with Gasteiger partial charge in [-0.3, -0.25) is 9.48 Å². The van der Waals surface area contributed by atoms with Gasteiger partial charge in [-0.15, -0.1) is 0 Å². The summed E-state index contributed by atoms with van der Waals surface area (Å²) >= 11 is 0. The van der Waals surface area contributed by atoms with E-state index in [9.17, 15) is 9.59 Å². The number of amides is 1. The van der Waals surface area contributed by atoms with Crippen LogP contribution in [0.5, 0.6) is 0 Å². The average Bonchev–Trinajstić information content (AvgIpc) is 3.28. The number of hydrogen-bond acceptors (Lipinski definition) is 4. The molecule has 6 nitrogen and oxygen atoms in total. The first-order valence-electron chi connectivity index (χ1n) is 9.99. The Kier molecular flexibility index (Phi) is 4.73. The molecule has 1 saturated heterocycles. The van der Waals surface area contributed by atoms with E-state index >= 15 is 0 Å². The molecule has 1 fully saturated rings. The van der Waals surface area contributed by atoms with Crippen LogP contribution in [0.25, 0.3) is 11.1 Å². The third kappa shape index (κ3) is 3.68. The van der Waals surface area contributed by atoms with Crippen molar-refractivity contribution in [1.82, 2.24) is 14.7 Å². The second kappa shape index (κ2) is 7.08. The van der Waals surface area contributed by atoms with Gasteiger partial charge in [0.15, 0.2) is 5.78 Å². The zero-order valence-corrected chi connectivity index (χ0v) is 16.8. The fourth-order valence-electron chi connectivity index (χ4n) is 4.08. The Morgan fingerprint density at radius 3 is 2.57 bits per heavy atom. The lowest BCUT2D eigenvalue weighted by Crippen LogP contribution is -2.42. The van der Waals surface area contributed by atoms with Crippen molar-refractivity contribution in [3.05, 3.63) is 41.7 Å². The molecule has 1 aliphatic heterocycles. The van der Waals surface area contributed by atoms with Gasteiger partial charge < -0.3 is 9.64 Å². The van der Waals surface area contributed by atoms with E-state index in [2.05, 4.69) is 17.4 Å². The molecule has 0 unspecified atom stereocenters. The van der Waals surface area contributed by atoms with Crippen LogP contribution < -0.4 is 0 Å². The summed E-state index contributed by atoms with van der Waals surface area (Å²) in [5.41, 5.74) is 3.70. The van der Waals surface area contributed by atoms with Gasteiger partial charge in [-0.05, 0) is 51.2 Å². The van der Waals surface area contributed by atoms with Gasteiger partial charge in [-0.25, -0.2) is 4.79 Å². The van der Waals surface area contributed by atoms with Crippen LogP contribution in [-0.2, 0) is 11.2 Å². The molecule has 0 bridgehead atoms. The molecule has 0 N–H and O–H groups in total. The Balaban J connectivity index is 1.44. The zero-order chi connectivity index (χ0) is 19.9. The zero-order valence-electron chi connectivity index (χ0n) is 16.8. The van der Waals surface area contributed by atoms with Crippen molar-refractivity contribution >= 4 is 11.9 Å². The molecule has 2 aliphatic rings. The van der Waals surface area contributed by atoms with Crippen LogP contribution in [0.4, 0.5) is 4.79 Å². The molecule has 0 radical (unpaired) electrons. The smallest absolute Gasteiger partial charge is 0.410 e. The maximum atomic E-state index is 12.2. The van der Waals surface area contributed by atoms with E-state index in [-0.39, 0.29) is 17.9 Å². The van der Waals surface area contributed by atoms with Crippen molar-refractivity contribution in [2.45, 2.75) is 58.1 Å². The Morgan fingerprint density at radius 2 is 1.86 bits per heavy atom. The number of hydrogen-bond donors (Lipinski definition) is 0. The monoisotopic (exact) mass is 381 g/mol. The van der Waals surface area contributed by atoms with Crippen LogP contribution in [0, 0.1) is 0 Å². The Labute approximate surface area is 165 Å². The number of carbonyl (C=O) groups excluding carboxylic acids is 2. The molecule has 0 atom stereocenters. The second-order valence-corrected chi connectivity index (χ2v) is 8.66. The largest absolute Gasteiger partial charge is 0.444 e. The third-order valence-corrected chi connectivity index (χ3v) is 5.48. The van der Waals surface area contributed by atoms with Gasteiger partial charge in [0.25, 0.3) is 0 Å². The van der Waals surface area contributed by atoms with Crippen LogP contribution in [0.15, 0.2) is 30.6 Å². The summed E-state index contributed by atoms with van der Waals surface area (Å²) in [6, 6.07) is 6.22. The van der Waals surface area contributed by atoms with E-state index in [1.807, 2.05) is 43.8 Å². The minimum Gasteiger partial charge on any atom is -0.444 e. The van der Waals surface area contributed by atoms with E-state index < -0.39 is 5.60 Å². The first-order valence-corrected chi connectivity index (χ1v) is 9.99. The molecule has 148 valence electrons. The number of aromatic nitrogens is 2. The highest BCUT2D eigenvalue weighted by atomic mass is 16.6. The van der Waals surface area contributed by atoms with E-state index in [1.54, 1.807) is 4.90 Å². The van der Waals surface area contributed by atoms with Gasteiger partial charge in [-0.2, -0.15) is 5.10 Å². The van der Waals surface area contributed by atoms with Crippen molar-refractivity contribution < 1.29 is 14.3 Å². The van der Waals surface area contributed by atoms with Gasteiger partial charge in [0.2, 0.25) is 0 Å². The minimum absolute atomic E-state index is 0.235. The summed E-state index contributed by atoms with van der Waals surface area (Å²) in [7, 11) is 0. The summed E-state index contributed by atoms with van der Waals surface area (Å²) in [6.45, 7) is 7.00. The highest BCUT2D eigenvalue weighted by Crippen LogP contribution is 2.33. The first kappa shape index (κ1) is 18.7. The van der Waals surface area contributed by atoms with Crippen molar-refractivity contribution in [1.29, 1.82) is 0 Å². The third-order valence-electron chi connectivity index (χ3n) is 5.48. The molecule has 2 aromatic rings. The molecule has 0 saturated carbocycles. The van der Waals surface area contributed by atoms with Crippen molar-refractivity contribution in [3.63, 3.8) is 0 Å². The van der Waals surface area contributed by atoms with Crippen molar-refractivity contribution in [2.24, 2.45) is 0 Å². The Bertz CT molecular complexity index is 902. The van der Waals surface area contributed by atoms with E-state index in [1.165, 1.54) is 0 Å². The number of fused-ring (bicyclic) bond motifs is 1. The lowest BCUT2D eigenvalue weighted by atomic mass is 9.99. The van der Waals surface area contributed by atoms with Crippen LogP contribution in [-0.4, -0.2) is 45.2 Å². The molecule has 28 heavy (non-hydrogen) atoms. The van der Waals surface area contributed by atoms with Gasteiger partial charge in [0.1, 0.15) is 5.60 Å². The Hall–Kier alpha value is -2.63. The number of carbonyl (C=O) groups is 2. The van der Waals surface area contributed by atoms with Crippen LogP contribution >= 0.6 is 0 Å². The molecule has 1 aromatic heterocycles. The molecule has 1 amide bonds. The van der Waals surface area contributed by atoms with Crippen LogP contribution in [0.2, 0.25) is 0 Å². The maximum absolute atomic E-state index is 12.2. The number of benzene rings is 1. The number of likely N-dealkylation sites (tertiary alicyclic amines) is 1. The van der Waals surface area contributed by atoms with Crippen molar-refractivity contribution in [3.8, 4) is 11.1 Å². The summed E-state index contributed by atoms with van der Waals surface area (Å²) in [5, 5.41) is 4.59. The Morgan fingerprint density at radius 1 is 1.14 bits per heavy atom. The van der Waals surface area contributed by atoms with E-state index in [4.69, 9.17) is 4.74 Å². The number of rotatable bonds is 2. The molecule has 4 rings (SSSR count). The predicted molar refractivity (Wildman–Crippen MR) is 106 cm³/mol. The lowest BCUT2D eigenvalue weighted by Gasteiger charge is -2.33.